The molecule has 0 unspecified atom stereocenters. The summed E-state index contributed by atoms with van der Waals surface area (Å²) in [6.45, 7) is 1.20. The number of rotatable bonds is 9. The molecule has 0 bridgehead atoms. The van der Waals surface area contributed by atoms with Crippen LogP contribution in [0.5, 0.6) is 0 Å². The van der Waals surface area contributed by atoms with E-state index in [0.29, 0.717) is 13.1 Å². The molecule has 0 spiro atoms. The molecule has 4 amide bonds. The Kier molecular flexibility index (Phi) is 8.60. The predicted octanol–water partition coefficient (Wildman–Crippen LogP) is 9.71. The lowest BCUT2D eigenvalue weighted by molar-refractivity contribution is 0.0698. The molecule has 0 radical (unpaired) electrons. The van der Waals surface area contributed by atoms with Crippen LogP contribution in [0.15, 0.2) is 164 Å². The molecule has 230 valence electrons. The van der Waals surface area contributed by atoms with Gasteiger partial charge in [-0.15, -0.1) is 0 Å². The minimum absolute atomic E-state index is 0.194. The Morgan fingerprint density at radius 2 is 0.617 bits per heavy atom. The van der Waals surface area contributed by atoms with Crippen LogP contribution in [0.2, 0.25) is 0 Å². The first-order chi connectivity index (χ1) is 23.1. The number of nitrogens with zero attached hydrogens (tertiary/aromatic N) is 3. The van der Waals surface area contributed by atoms with Gasteiger partial charge in [0, 0.05) is 13.1 Å². The van der Waals surface area contributed by atoms with Gasteiger partial charge < -0.3 is 9.80 Å². The number of hydrogen-bond acceptors (Lipinski definition) is 2. The Balaban J connectivity index is 1.12. The summed E-state index contributed by atoms with van der Waals surface area (Å²) in [5.41, 5.74) is 9.66. The smallest absolute Gasteiger partial charge is 0.302 e. The molecule has 0 N–H and O–H groups in total. The second-order valence-corrected chi connectivity index (χ2v) is 11.9. The maximum absolute atomic E-state index is 13.9. The molecule has 0 saturated carbocycles. The summed E-state index contributed by atoms with van der Waals surface area (Å²) in [6.07, 6.45) is 0. The first kappa shape index (κ1) is 29.8. The quantitative estimate of drug-likeness (QED) is 0.163. The fraction of sp³-hybridized carbons (Fsp3) is 0.0952. The maximum atomic E-state index is 13.9. The highest BCUT2D eigenvalue weighted by Crippen LogP contribution is 2.26. The van der Waals surface area contributed by atoms with E-state index < -0.39 is 0 Å². The third kappa shape index (κ3) is 6.85. The Morgan fingerprint density at radius 3 is 0.936 bits per heavy atom. The van der Waals surface area contributed by atoms with Crippen LogP contribution in [0.1, 0.15) is 16.7 Å². The molecule has 1 heterocycles. The van der Waals surface area contributed by atoms with Crippen molar-refractivity contribution >= 4 is 12.1 Å². The van der Waals surface area contributed by atoms with Gasteiger partial charge in [-0.2, -0.15) is 0 Å². The second-order valence-electron chi connectivity index (χ2n) is 11.9. The van der Waals surface area contributed by atoms with Gasteiger partial charge in [-0.25, -0.2) is 14.5 Å². The zero-order valence-electron chi connectivity index (χ0n) is 26.1. The Hall–Kier alpha value is -5.94. The van der Waals surface area contributed by atoms with Gasteiger partial charge in [-0.3, -0.25) is 0 Å². The maximum Gasteiger partial charge on any atom is 0.330 e. The van der Waals surface area contributed by atoms with Gasteiger partial charge in [0.1, 0.15) is 0 Å². The van der Waals surface area contributed by atoms with Crippen LogP contribution in [-0.2, 0) is 19.6 Å². The molecule has 0 atom stereocenters. The average molecular weight is 614 g/mol. The van der Waals surface area contributed by atoms with E-state index in [9.17, 15) is 9.59 Å². The Labute approximate surface area is 276 Å². The van der Waals surface area contributed by atoms with E-state index in [4.69, 9.17) is 0 Å². The fourth-order valence-corrected chi connectivity index (χ4v) is 6.04. The number of carbonyl (C=O) groups excluding carboxylic acids is 2. The van der Waals surface area contributed by atoms with Crippen LogP contribution in [0.25, 0.3) is 33.4 Å². The highest BCUT2D eigenvalue weighted by Gasteiger charge is 2.37. The van der Waals surface area contributed by atoms with Crippen LogP contribution >= 0.6 is 0 Å². The van der Waals surface area contributed by atoms with Crippen LogP contribution in [-0.4, -0.2) is 33.4 Å². The van der Waals surface area contributed by atoms with Gasteiger partial charge in [-0.1, -0.05) is 164 Å². The SMILES string of the molecule is O=C1N(Cc2ccc(-c3ccccc3)cc2)CN(Cc2ccc(-c3ccccc3)cc2)C(=O)N1Cc1ccc(-c2ccccc2)cc1. The van der Waals surface area contributed by atoms with Crippen molar-refractivity contribution in [1.29, 1.82) is 0 Å². The van der Waals surface area contributed by atoms with Crippen LogP contribution < -0.4 is 0 Å². The van der Waals surface area contributed by atoms with Crippen LogP contribution in [0, 0.1) is 0 Å². The zero-order valence-corrected chi connectivity index (χ0v) is 26.1. The van der Waals surface area contributed by atoms with Gasteiger partial charge in [0.15, 0.2) is 0 Å². The van der Waals surface area contributed by atoms with Crippen LogP contribution in [0.3, 0.4) is 0 Å². The van der Waals surface area contributed by atoms with Gasteiger partial charge in [0.25, 0.3) is 0 Å². The number of urea groups is 2. The molecule has 1 aliphatic heterocycles. The average Bonchev–Trinajstić information content (AvgIpc) is 3.14. The van der Waals surface area contributed by atoms with E-state index in [2.05, 4.69) is 84.9 Å². The van der Waals surface area contributed by atoms with Crippen molar-refractivity contribution in [2.45, 2.75) is 19.6 Å². The molecule has 6 aromatic rings. The summed E-state index contributed by atoms with van der Waals surface area (Å²) in [6, 6.07) is 54.7. The molecule has 1 saturated heterocycles. The van der Waals surface area contributed by atoms with Gasteiger partial charge in [-0.05, 0) is 50.1 Å². The molecule has 47 heavy (non-hydrogen) atoms. The highest BCUT2D eigenvalue weighted by molar-refractivity contribution is 5.95. The largest absolute Gasteiger partial charge is 0.330 e. The Morgan fingerprint density at radius 1 is 0.340 bits per heavy atom. The van der Waals surface area contributed by atoms with Gasteiger partial charge in [0.2, 0.25) is 0 Å². The molecule has 1 aliphatic rings. The lowest BCUT2D eigenvalue weighted by Crippen LogP contribution is -2.59. The normalized spacial score (nSPS) is 13.2. The van der Waals surface area contributed by atoms with Crippen molar-refractivity contribution in [2.75, 3.05) is 6.67 Å². The molecule has 0 aliphatic carbocycles. The second kappa shape index (κ2) is 13.6. The van der Waals surface area contributed by atoms with E-state index in [1.54, 1.807) is 9.80 Å². The lowest BCUT2D eigenvalue weighted by atomic mass is 10.0. The summed E-state index contributed by atoms with van der Waals surface area (Å²) in [5, 5.41) is 0. The molecule has 0 aromatic heterocycles. The van der Waals surface area contributed by atoms with Crippen molar-refractivity contribution in [2.24, 2.45) is 0 Å². The summed E-state index contributed by atoms with van der Waals surface area (Å²) < 4.78 is 0. The predicted molar refractivity (Wildman–Crippen MR) is 188 cm³/mol. The first-order valence-corrected chi connectivity index (χ1v) is 15.9. The standard InChI is InChI=1S/C42H35N3O2/c46-41-43(28-32-16-22-38(23-17-32)35-10-4-1-5-11-35)31-44(29-33-18-24-39(25-19-33)36-12-6-2-7-13-36)42(47)45(41)30-34-20-26-40(27-21-34)37-14-8-3-9-15-37/h1-27H,28-31H2. The first-order valence-electron chi connectivity index (χ1n) is 15.9. The van der Waals surface area contributed by atoms with E-state index in [-0.39, 0.29) is 25.3 Å². The number of carbonyl (C=O) groups is 2. The lowest BCUT2D eigenvalue weighted by Gasteiger charge is -2.41. The number of imide groups is 1. The molecule has 6 aromatic carbocycles. The fourth-order valence-electron chi connectivity index (χ4n) is 6.04. The van der Waals surface area contributed by atoms with Crippen molar-refractivity contribution < 1.29 is 9.59 Å². The number of benzene rings is 6. The highest BCUT2D eigenvalue weighted by atomic mass is 16.2. The van der Waals surface area contributed by atoms with E-state index in [1.807, 2.05) is 78.9 Å². The summed E-state index contributed by atoms with van der Waals surface area (Å²) in [7, 11) is 0. The topological polar surface area (TPSA) is 43.9 Å². The molecule has 1 fully saturated rings. The molecular weight excluding hydrogens is 578 g/mol. The third-order valence-electron chi connectivity index (χ3n) is 8.62. The molecule has 7 rings (SSSR count). The third-order valence-corrected chi connectivity index (χ3v) is 8.62. The Bertz CT molecular complexity index is 1840. The molecular formula is C42H35N3O2. The van der Waals surface area contributed by atoms with E-state index in [0.717, 1.165) is 50.1 Å². The minimum atomic E-state index is -0.287. The number of amides is 4. The van der Waals surface area contributed by atoms with Crippen molar-refractivity contribution in [1.82, 2.24) is 14.7 Å². The summed E-state index contributed by atoms with van der Waals surface area (Å²) >= 11 is 0. The minimum Gasteiger partial charge on any atom is -0.302 e. The van der Waals surface area contributed by atoms with Gasteiger partial charge >= 0.3 is 12.1 Å². The summed E-state index contributed by atoms with van der Waals surface area (Å²) in [5.74, 6) is 0. The summed E-state index contributed by atoms with van der Waals surface area (Å²) in [4.78, 5) is 32.7. The van der Waals surface area contributed by atoms with Gasteiger partial charge in [0.05, 0.1) is 13.2 Å². The molecule has 5 heteroatoms. The van der Waals surface area contributed by atoms with Crippen molar-refractivity contribution in [3.05, 3.63) is 180 Å². The van der Waals surface area contributed by atoms with Crippen LogP contribution in [0.4, 0.5) is 9.59 Å². The molecule has 5 nitrogen and oxygen atoms in total. The van der Waals surface area contributed by atoms with E-state index >= 15 is 0 Å². The number of hydrogen-bond donors (Lipinski definition) is 0. The van der Waals surface area contributed by atoms with E-state index in [1.165, 1.54) is 4.90 Å². The van der Waals surface area contributed by atoms with Crippen molar-refractivity contribution in [3.8, 4) is 33.4 Å². The van der Waals surface area contributed by atoms with Crippen molar-refractivity contribution in [3.63, 3.8) is 0 Å². The zero-order chi connectivity index (χ0) is 32.0. The monoisotopic (exact) mass is 613 g/mol.